The van der Waals surface area contributed by atoms with Gasteiger partial charge in [-0.25, -0.2) is 8.42 Å². The summed E-state index contributed by atoms with van der Waals surface area (Å²) in [5, 5.41) is 0. The minimum Gasteiger partial charge on any atom is -0.211 e. The third-order valence-corrected chi connectivity index (χ3v) is 6.55. The zero-order valence-electron chi connectivity index (χ0n) is 5.62. The van der Waals surface area contributed by atoms with E-state index in [9.17, 15) is 8.42 Å². The summed E-state index contributed by atoms with van der Waals surface area (Å²) >= 11 is 4.49. The molecule has 2 nitrogen and oxygen atoms in total. The van der Waals surface area contributed by atoms with Crippen LogP contribution in [-0.2, 0) is 9.05 Å². The Morgan fingerprint density at radius 1 is 1.73 bits per heavy atom. The van der Waals surface area contributed by atoms with Crippen molar-refractivity contribution >= 4 is 47.4 Å². The van der Waals surface area contributed by atoms with Crippen LogP contribution in [0.3, 0.4) is 0 Å². The molecule has 0 aromatic heterocycles. The average molecular weight is 278 g/mol. The molecule has 0 aliphatic carbocycles. The van der Waals surface area contributed by atoms with Crippen molar-refractivity contribution in [1.29, 1.82) is 0 Å². The van der Waals surface area contributed by atoms with E-state index in [-0.39, 0.29) is 4.83 Å². The highest BCUT2D eigenvalue weighted by Crippen LogP contribution is 2.40. The zero-order valence-corrected chi connectivity index (χ0v) is 9.60. The summed E-state index contributed by atoms with van der Waals surface area (Å²) < 4.78 is 21.2. The van der Waals surface area contributed by atoms with E-state index in [0.717, 1.165) is 4.91 Å². The van der Waals surface area contributed by atoms with Gasteiger partial charge in [-0.15, -0.1) is 11.8 Å². The number of allylic oxidation sites excluding steroid dienone is 2. The van der Waals surface area contributed by atoms with Gasteiger partial charge in [0.1, 0.15) is 4.58 Å². The molecule has 64 valence electrons. The van der Waals surface area contributed by atoms with Crippen LogP contribution in [0.25, 0.3) is 0 Å². The molecule has 1 aliphatic rings. The third-order valence-electron chi connectivity index (χ3n) is 1.23. The normalized spacial score (nSPS) is 32.1. The molecule has 0 radical (unpaired) electrons. The van der Waals surface area contributed by atoms with Crippen LogP contribution in [0.15, 0.2) is 11.0 Å². The van der Waals surface area contributed by atoms with Crippen molar-refractivity contribution in [2.45, 2.75) is 16.3 Å². The molecule has 0 saturated heterocycles. The highest BCUT2D eigenvalue weighted by atomic mass is 79.9. The van der Waals surface area contributed by atoms with Crippen molar-refractivity contribution in [2.75, 3.05) is 0 Å². The summed E-state index contributed by atoms with van der Waals surface area (Å²) in [6.45, 7) is 1.86. The molecule has 0 saturated carbocycles. The Morgan fingerprint density at radius 2 is 2.27 bits per heavy atom. The van der Waals surface area contributed by atoms with Gasteiger partial charge in [0.15, 0.2) is 0 Å². The monoisotopic (exact) mass is 276 g/mol. The number of thioether (sulfide) groups is 1. The highest BCUT2D eigenvalue weighted by Gasteiger charge is 2.34. The standard InChI is InChI=1S/C5H6BrClO2S2/c1-3-2-4(6)5(10-3)11(7,8)9/h2,4-5H,1H3. The summed E-state index contributed by atoms with van der Waals surface area (Å²) in [6.07, 6.45) is 1.84. The van der Waals surface area contributed by atoms with Gasteiger partial charge in [-0.2, -0.15) is 0 Å². The molecule has 0 aromatic carbocycles. The van der Waals surface area contributed by atoms with Crippen molar-refractivity contribution < 1.29 is 8.42 Å². The van der Waals surface area contributed by atoms with Crippen LogP contribution in [0.2, 0.25) is 0 Å². The molecular weight excluding hydrogens is 272 g/mol. The lowest BCUT2D eigenvalue weighted by Crippen LogP contribution is -2.17. The van der Waals surface area contributed by atoms with E-state index in [1.165, 1.54) is 11.8 Å². The van der Waals surface area contributed by atoms with Gasteiger partial charge in [0.05, 0.1) is 4.83 Å². The molecule has 0 aromatic rings. The number of hydrogen-bond donors (Lipinski definition) is 0. The predicted octanol–water partition coefficient (Wildman–Crippen LogP) is 2.30. The molecule has 2 atom stereocenters. The molecule has 11 heavy (non-hydrogen) atoms. The maximum absolute atomic E-state index is 10.9. The van der Waals surface area contributed by atoms with E-state index in [2.05, 4.69) is 15.9 Å². The second-order valence-corrected chi connectivity index (χ2v) is 7.68. The molecule has 0 bridgehead atoms. The second-order valence-electron chi connectivity index (χ2n) is 2.18. The van der Waals surface area contributed by atoms with Crippen LogP contribution in [-0.4, -0.2) is 17.8 Å². The first-order valence-electron chi connectivity index (χ1n) is 2.84. The summed E-state index contributed by atoms with van der Waals surface area (Å²) in [7, 11) is 1.74. The number of hydrogen-bond acceptors (Lipinski definition) is 3. The third kappa shape index (κ3) is 2.37. The van der Waals surface area contributed by atoms with Gasteiger partial charge in [-0.1, -0.05) is 22.0 Å². The van der Waals surface area contributed by atoms with Crippen molar-refractivity contribution in [1.82, 2.24) is 0 Å². The topological polar surface area (TPSA) is 34.1 Å². The maximum Gasteiger partial charge on any atom is 0.246 e. The molecule has 0 amide bonds. The summed E-state index contributed by atoms with van der Waals surface area (Å²) in [5.74, 6) is 0. The summed E-state index contributed by atoms with van der Waals surface area (Å²) in [4.78, 5) is 0.830. The molecule has 6 heteroatoms. The lowest BCUT2D eigenvalue weighted by molar-refractivity contribution is 0.608. The van der Waals surface area contributed by atoms with Gasteiger partial charge in [0.25, 0.3) is 0 Å². The fraction of sp³-hybridized carbons (Fsp3) is 0.600. The van der Waals surface area contributed by atoms with E-state index in [1.54, 1.807) is 0 Å². The minimum atomic E-state index is -3.45. The van der Waals surface area contributed by atoms with Crippen molar-refractivity contribution in [3.8, 4) is 0 Å². The van der Waals surface area contributed by atoms with Crippen LogP contribution < -0.4 is 0 Å². The molecular formula is C5H6BrClO2S2. The number of halogens is 2. The summed E-state index contributed by atoms with van der Waals surface area (Å²) in [5.41, 5.74) is 0. The van der Waals surface area contributed by atoms with Gasteiger partial charge >= 0.3 is 0 Å². The van der Waals surface area contributed by atoms with Gasteiger partial charge in [-0.05, 0) is 11.8 Å². The summed E-state index contributed by atoms with van der Waals surface area (Å²) in [6, 6.07) is 0. The smallest absolute Gasteiger partial charge is 0.211 e. The Bertz CT molecular complexity index is 285. The predicted molar refractivity (Wildman–Crippen MR) is 52.6 cm³/mol. The van der Waals surface area contributed by atoms with Gasteiger partial charge < -0.3 is 0 Å². The van der Waals surface area contributed by atoms with Crippen LogP contribution in [0.4, 0.5) is 0 Å². The molecule has 0 fully saturated rings. The first kappa shape index (κ1) is 9.89. The van der Waals surface area contributed by atoms with Crippen molar-refractivity contribution in [3.63, 3.8) is 0 Å². The van der Waals surface area contributed by atoms with E-state index in [0.29, 0.717) is 0 Å². The Balaban J connectivity index is 2.84. The largest absolute Gasteiger partial charge is 0.246 e. The first-order valence-corrected chi connectivity index (χ1v) is 7.00. The van der Waals surface area contributed by atoms with Crippen molar-refractivity contribution in [2.24, 2.45) is 0 Å². The highest BCUT2D eigenvalue weighted by molar-refractivity contribution is 9.09. The Hall–Kier alpha value is 0.810. The van der Waals surface area contributed by atoms with E-state index in [1.807, 2.05) is 13.0 Å². The molecule has 0 N–H and O–H groups in total. The SMILES string of the molecule is CC1=CC(Br)C(S(=O)(=O)Cl)S1. The van der Waals surface area contributed by atoms with Crippen LogP contribution in [0.1, 0.15) is 6.92 Å². The van der Waals surface area contributed by atoms with Gasteiger partial charge in [-0.3, -0.25) is 0 Å². The van der Waals surface area contributed by atoms with E-state index < -0.39 is 13.6 Å². The van der Waals surface area contributed by atoms with Gasteiger partial charge in [0.2, 0.25) is 9.05 Å². The molecule has 1 rings (SSSR count). The fourth-order valence-corrected chi connectivity index (χ4v) is 5.69. The Kier molecular flexibility index (Phi) is 2.95. The Labute approximate surface area is 82.9 Å². The molecule has 2 unspecified atom stereocenters. The molecule has 1 aliphatic heterocycles. The number of rotatable bonds is 1. The van der Waals surface area contributed by atoms with Gasteiger partial charge in [0, 0.05) is 10.7 Å². The lowest BCUT2D eigenvalue weighted by Gasteiger charge is -2.07. The van der Waals surface area contributed by atoms with E-state index in [4.69, 9.17) is 10.7 Å². The Morgan fingerprint density at radius 3 is 2.45 bits per heavy atom. The van der Waals surface area contributed by atoms with Crippen LogP contribution in [0.5, 0.6) is 0 Å². The number of alkyl halides is 1. The average Bonchev–Trinajstić information content (AvgIpc) is 2.08. The van der Waals surface area contributed by atoms with Crippen LogP contribution in [0, 0.1) is 0 Å². The quantitative estimate of drug-likeness (QED) is 0.545. The zero-order chi connectivity index (χ0) is 8.65. The second kappa shape index (κ2) is 3.28. The first-order chi connectivity index (χ1) is 4.91. The molecule has 1 heterocycles. The van der Waals surface area contributed by atoms with Crippen LogP contribution >= 0.6 is 38.4 Å². The van der Waals surface area contributed by atoms with E-state index >= 15 is 0 Å². The maximum atomic E-state index is 10.9. The molecule has 0 spiro atoms. The fourth-order valence-electron chi connectivity index (χ4n) is 0.803. The lowest BCUT2D eigenvalue weighted by atomic mass is 10.4. The van der Waals surface area contributed by atoms with Crippen molar-refractivity contribution in [3.05, 3.63) is 11.0 Å². The minimum absolute atomic E-state index is 0.157.